The van der Waals surface area contributed by atoms with Crippen molar-refractivity contribution in [2.24, 2.45) is 35.5 Å². The molecule has 4 nitrogen and oxygen atoms in total. The lowest BCUT2D eigenvalue weighted by Gasteiger charge is -2.27. The number of halogens is 2. The molecule has 0 aliphatic heterocycles. The molecule has 0 saturated heterocycles. The van der Waals surface area contributed by atoms with Crippen LogP contribution in [0, 0.1) is 35.5 Å². The standard InChI is InChI=1S/C15H19F2NO3/c16-15(17)2-1-8-11(12(8)15)13(19)18-10-5-6-3-7(10)4-9(6)14(20)21/h6-12H,1-5H2,(H,18,19)(H,20,21)/t6-,7-,8+,9-,10-,11-,12+/m1/s1. The number of hydrogen-bond acceptors (Lipinski definition) is 2. The molecule has 0 aromatic heterocycles. The third-order valence-electron chi connectivity index (χ3n) is 6.27. The highest BCUT2D eigenvalue weighted by molar-refractivity contribution is 5.83. The molecule has 0 spiro atoms. The molecule has 4 aliphatic rings. The van der Waals surface area contributed by atoms with Crippen LogP contribution in [-0.2, 0) is 9.59 Å². The molecule has 2 N–H and O–H groups in total. The molecular formula is C15H19F2NO3. The van der Waals surface area contributed by atoms with E-state index in [1.165, 1.54) is 0 Å². The fourth-order valence-electron chi connectivity index (χ4n) is 5.23. The number of carboxylic acid groups (broad SMARTS) is 1. The van der Waals surface area contributed by atoms with Gasteiger partial charge in [-0.25, -0.2) is 8.78 Å². The molecular weight excluding hydrogens is 280 g/mol. The SMILES string of the molecule is O=C(N[C@@H]1C[C@H]2C[C@@H]1C[C@H]2C(=O)O)[C@@H]1[C@@H]2CCC(F)(F)[C@@H]21. The van der Waals surface area contributed by atoms with Crippen molar-refractivity contribution in [1.82, 2.24) is 5.32 Å². The van der Waals surface area contributed by atoms with Crippen LogP contribution in [0.1, 0.15) is 32.1 Å². The molecule has 6 heteroatoms. The third-order valence-corrected chi connectivity index (χ3v) is 6.27. The van der Waals surface area contributed by atoms with Gasteiger partial charge in [0.15, 0.2) is 0 Å². The van der Waals surface area contributed by atoms with Gasteiger partial charge in [0.1, 0.15) is 0 Å². The lowest BCUT2D eigenvalue weighted by atomic mass is 9.86. The van der Waals surface area contributed by atoms with Crippen LogP contribution in [0.2, 0.25) is 0 Å². The molecule has 0 aromatic carbocycles. The number of alkyl halides is 2. The Hall–Kier alpha value is -1.20. The van der Waals surface area contributed by atoms with E-state index in [9.17, 15) is 18.4 Å². The number of hydrogen-bond donors (Lipinski definition) is 2. The molecule has 4 aliphatic carbocycles. The van der Waals surface area contributed by atoms with Crippen LogP contribution in [0.5, 0.6) is 0 Å². The highest BCUT2D eigenvalue weighted by atomic mass is 19.3. The molecule has 0 aromatic rings. The molecule has 116 valence electrons. The van der Waals surface area contributed by atoms with Crippen molar-refractivity contribution in [3.63, 3.8) is 0 Å². The molecule has 21 heavy (non-hydrogen) atoms. The van der Waals surface area contributed by atoms with Gasteiger partial charge in [0.2, 0.25) is 5.91 Å². The maximum atomic E-state index is 13.5. The molecule has 4 fully saturated rings. The minimum absolute atomic E-state index is 0.00644. The Morgan fingerprint density at radius 3 is 2.43 bits per heavy atom. The number of nitrogens with one attached hydrogen (secondary N) is 1. The lowest BCUT2D eigenvalue weighted by molar-refractivity contribution is -0.143. The summed E-state index contributed by atoms with van der Waals surface area (Å²) in [7, 11) is 0. The summed E-state index contributed by atoms with van der Waals surface area (Å²) in [5.41, 5.74) is 0. The third kappa shape index (κ3) is 1.90. The Labute approximate surface area is 121 Å². The number of carbonyl (C=O) groups is 2. The summed E-state index contributed by atoms with van der Waals surface area (Å²) in [5, 5.41) is 12.0. The zero-order valence-corrected chi connectivity index (χ0v) is 11.6. The van der Waals surface area contributed by atoms with Gasteiger partial charge in [-0.3, -0.25) is 9.59 Å². The topological polar surface area (TPSA) is 66.4 Å². The summed E-state index contributed by atoms with van der Waals surface area (Å²) < 4.78 is 27.1. The van der Waals surface area contributed by atoms with Crippen LogP contribution in [0.3, 0.4) is 0 Å². The fourth-order valence-corrected chi connectivity index (χ4v) is 5.23. The Bertz CT molecular complexity index is 509. The minimum Gasteiger partial charge on any atom is -0.481 e. The Kier molecular flexibility index (Phi) is 2.67. The second-order valence-electron chi connectivity index (χ2n) is 7.30. The van der Waals surface area contributed by atoms with Crippen LogP contribution in [0.4, 0.5) is 8.78 Å². The van der Waals surface area contributed by atoms with Gasteiger partial charge in [0.05, 0.1) is 11.8 Å². The maximum absolute atomic E-state index is 13.5. The lowest BCUT2D eigenvalue weighted by Crippen LogP contribution is -2.42. The van der Waals surface area contributed by atoms with Crippen LogP contribution in [0.25, 0.3) is 0 Å². The summed E-state index contributed by atoms with van der Waals surface area (Å²) in [4.78, 5) is 23.3. The quantitative estimate of drug-likeness (QED) is 0.836. The van der Waals surface area contributed by atoms with Gasteiger partial charge in [-0.1, -0.05) is 0 Å². The first-order valence-corrected chi connectivity index (χ1v) is 7.79. The summed E-state index contributed by atoms with van der Waals surface area (Å²) in [6.45, 7) is 0. The molecule has 7 atom stereocenters. The summed E-state index contributed by atoms with van der Waals surface area (Å²) >= 11 is 0. The molecule has 4 rings (SSSR count). The molecule has 0 unspecified atom stereocenters. The Balaban J connectivity index is 1.35. The van der Waals surface area contributed by atoms with Gasteiger partial charge in [0, 0.05) is 18.4 Å². The predicted octanol–water partition coefficient (Wildman–Crippen LogP) is 1.89. The summed E-state index contributed by atoms with van der Waals surface area (Å²) in [6.07, 6.45) is 2.51. The second kappa shape index (κ2) is 4.17. The molecule has 1 amide bonds. The van der Waals surface area contributed by atoms with Crippen molar-refractivity contribution in [3.8, 4) is 0 Å². The van der Waals surface area contributed by atoms with Gasteiger partial charge >= 0.3 is 5.97 Å². The van der Waals surface area contributed by atoms with Crippen molar-refractivity contribution < 1.29 is 23.5 Å². The minimum atomic E-state index is -2.67. The first-order chi connectivity index (χ1) is 9.88. The monoisotopic (exact) mass is 299 g/mol. The largest absolute Gasteiger partial charge is 0.481 e. The first-order valence-electron chi connectivity index (χ1n) is 7.79. The highest BCUT2D eigenvalue weighted by Gasteiger charge is 2.70. The normalized spacial score (nSPS) is 49.0. The number of carbonyl (C=O) groups excluding carboxylic acids is 1. The number of amides is 1. The van der Waals surface area contributed by atoms with Crippen molar-refractivity contribution in [2.75, 3.05) is 0 Å². The van der Waals surface area contributed by atoms with Crippen LogP contribution in [-0.4, -0.2) is 28.9 Å². The van der Waals surface area contributed by atoms with Gasteiger partial charge in [-0.15, -0.1) is 0 Å². The Morgan fingerprint density at radius 1 is 1.14 bits per heavy atom. The zero-order valence-electron chi connectivity index (χ0n) is 11.6. The van der Waals surface area contributed by atoms with Crippen molar-refractivity contribution >= 4 is 11.9 Å². The molecule has 4 saturated carbocycles. The zero-order chi connectivity index (χ0) is 14.9. The number of fused-ring (bicyclic) bond motifs is 3. The van der Waals surface area contributed by atoms with Crippen molar-refractivity contribution in [2.45, 2.75) is 44.1 Å². The van der Waals surface area contributed by atoms with E-state index < -0.39 is 23.7 Å². The summed E-state index contributed by atoms with van der Waals surface area (Å²) in [5.74, 6) is -4.98. The Morgan fingerprint density at radius 2 is 1.90 bits per heavy atom. The average molecular weight is 299 g/mol. The number of aliphatic carboxylic acids is 1. The van der Waals surface area contributed by atoms with E-state index in [4.69, 9.17) is 5.11 Å². The van der Waals surface area contributed by atoms with E-state index >= 15 is 0 Å². The van der Waals surface area contributed by atoms with E-state index in [2.05, 4.69) is 5.32 Å². The van der Waals surface area contributed by atoms with Gasteiger partial charge in [-0.2, -0.15) is 0 Å². The van der Waals surface area contributed by atoms with Crippen LogP contribution < -0.4 is 5.32 Å². The van der Waals surface area contributed by atoms with Gasteiger partial charge < -0.3 is 10.4 Å². The van der Waals surface area contributed by atoms with Crippen LogP contribution in [0.15, 0.2) is 0 Å². The molecule has 0 radical (unpaired) electrons. The van der Waals surface area contributed by atoms with E-state index in [-0.39, 0.29) is 42.0 Å². The fraction of sp³-hybridized carbons (Fsp3) is 0.867. The highest BCUT2D eigenvalue weighted by Crippen LogP contribution is 2.64. The van der Waals surface area contributed by atoms with Crippen molar-refractivity contribution in [1.29, 1.82) is 0 Å². The number of carboxylic acids is 1. The number of rotatable bonds is 3. The van der Waals surface area contributed by atoms with Crippen molar-refractivity contribution in [3.05, 3.63) is 0 Å². The maximum Gasteiger partial charge on any atom is 0.306 e. The van der Waals surface area contributed by atoms with E-state index in [1.54, 1.807) is 0 Å². The van der Waals surface area contributed by atoms with E-state index in [0.717, 1.165) is 6.42 Å². The predicted molar refractivity (Wildman–Crippen MR) is 68.5 cm³/mol. The summed E-state index contributed by atoms with van der Waals surface area (Å²) in [6, 6.07) is -0.00644. The molecule has 0 heterocycles. The van der Waals surface area contributed by atoms with E-state index in [0.29, 0.717) is 19.3 Å². The van der Waals surface area contributed by atoms with E-state index in [1.807, 2.05) is 0 Å². The smallest absolute Gasteiger partial charge is 0.306 e. The van der Waals surface area contributed by atoms with Crippen LogP contribution >= 0.6 is 0 Å². The second-order valence-corrected chi connectivity index (χ2v) is 7.30. The molecule has 2 bridgehead atoms. The average Bonchev–Trinajstić information content (AvgIpc) is 2.64. The first kappa shape index (κ1) is 13.5. The van der Waals surface area contributed by atoms with Gasteiger partial charge in [-0.05, 0) is 43.4 Å². The van der Waals surface area contributed by atoms with Gasteiger partial charge in [0.25, 0.3) is 5.92 Å².